The number of hydrogen-bond donors (Lipinski definition) is 1. The van der Waals surface area contributed by atoms with E-state index >= 15 is 0 Å². The average molecular weight is 285 g/mol. The Morgan fingerprint density at radius 1 is 1.05 bits per heavy atom. The van der Waals surface area contributed by atoms with Crippen molar-refractivity contribution in [2.24, 2.45) is 5.73 Å². The molecule has 3 nitrogen and oxygen atoms in total. The van der Waals surface area contributed by atoms with Gasteiger partial charge in [-0.25, -0.2) is 0 Å². The van der Waals surface area contributed by atoms with Crippen LogP contribution in [0.15, 0.2) is 42.5 Å². The summed E-state index contributed by atoms with van der Waals surface area (Å²) in [6.45, 7) is 4.82. The Hall–Kier alpha value is -2.00. The van der Waals surface area contributed by atoms with E-state index in [9.17, 15) is 0 Å². The number of nitrogens with two attached hydrogens (primary N) is 1. The maximum absolute atomic E-state index is 6.46. The molecule has 21 heavy (non-hydrogen) atoms. The van der Waals surface area contributed by atoms with Crippen molar-refractivity contribution in [2.75, 3.05) is 13.7 Å². The van der Waals surface area contributed by atoms with Gasteiger partial charge in [-0.05, 0) is 31.0 Å². The molecule has 2 N–H and O–H groups in total. The Morgan fingerprint density at radius 3 is 2.48 bits per heavy atom. The van der Waals surface area contributed by atoms with Gasteiger partial charge in [-0.1, -0.05) is 37.3 Å². The smallest absolute Gasteiger partial charge is 0.124 e. The molecule has 2 aromatic carbocycles. The Balaban J connectivity index is 2.38. The molecule has 0 fully saturated rings. The molecule has 0 aromatic heterocycles. The third-order valence-corrected chi connectivity index (χ3v) is 3.44. The number of hydrogen-bond acceptors (Lipinski definition) is 3. The van der Waals surface area contributed by atoms with Crippen molar-refractivity contribution in [3.05, 3.63) is 59.2 Å². The standard InChI is InChI=1S/C18H23NO2/c1-4-11-21-16-8-6-5-7-14(16)18(19)15-10-9-13(2)12-17(15)20-3/h5-10,12,18H,4,11,19H2,1-3H3. The summed E-state index contributed by atoms with van der Waals surface area (Å²) in [4.78, 5) is 0. The lowest BCUT2D eigenvalue weighted by Crippen LogP contribution is -2.15. The Labute approximate surface area is 126 Å². The van der Waals surface area contributed by atoms with Gasteiger partial charge in [0, 0.05) is 11.1 Å². The molecule has 1 unspecified atom stereocenters. The average Bonchev–Trinajstić information content (AvgIpc) is 2.52. The van der Waals surface area contributed by atoms with E-state index in [1.807, 2.05) is 49.4 Å². The van der Waals surface area contributed by atoms with Gasteiger partial charge in [-0.2, -0.15) is 0 Å². The predicted molar refractivity (Wildman–Crippen MR) is 86.0 cm³/mol. The van der Waals surface area contributed by atoms with Gasteiger partial charge < -0.3 is 15.2 Å². The topological polar surface area (TPSA) is 44.5 Å². The zero-order chi connectivity index (χ0) is 15.2. The fraction of sp³-hybridized carbons (Fsp3) is 0.333. The van der Waals surface area contributed by atoms with Crippen LogP contribution in [0.1, 0.15) is 36.1 Å². The summed E-state index contributed by atoms with van der Waals surface area (Å²) in [5.41, 5.74) is 9.55. The van der Waals surface area contributed by atoms with Crippen LogP contribution in [0.25, 0.3) is 0 Å². The molecule has 112 valence electrons. The number of methoxy groups -OCH3 is 1. The molecule has 1 atom stereocenters. The van der Waals surface area contributed by atoms with Gasteiger partial charge in [0.1, 0.15) is 11.5 Å². The highest BCUT2D eigenvalue weighted by Crippen LogP contribution is 2.33. The van der Waals surface area contributed by atoms with Crippen LogP contribution in [0, 0.1) is 6.92 Å². The van der Waals surface area contributed by atoms with Crippen molar-refractivity contribution in [3.8, 4) is 11.5 Å². The third kappa shape index (κ3) is 3.56. The second kappa shape index (κ2) is 7.14. The van der Waals surface area contributed by atoms with Gasteiger partial charge in [-0.15, -0.1) is 0 Å². The first-order chi connectivity index (χ1) is 10.2. The van der Waals surface area contributed by atoms with Crippen LogP contribution < -0.4 is 15.2 Å². The van der Waals surface area contributed by atoms with Gasteiger partial charge in [0.2, 0.25) is 0 Å². The molecule has 0 heterocycles. The van der Waals surface area contributed by atoms with Gasteiger partial charge in [-0.3, -0.25) is 0 Å². The van der Waals surface area contributed by atoms with E-state index in [4.69, 9.17) is 15.2 Å². The zero-order valence-corrected chi connectivity index (χ0v) is 12.9. The maximum Gasteiger partial charge on any atom is 0.124 e. The molecule has 0 amide bonds. The molecular weight excluding hydrogens is 262 g/mol. The first-order valence-electron chi connectivity index (χ1n) is 7.29. The van der Waals surface area contributed by atoms with Crippen LogP contribution in [-0.2, 0) is 0 Å². The van der Waals surface area contributed by atoms with Crippen LogP contribution >= 0.6 is 0 Å². The third-order valence-electron chi connectivity index (χ3n) is 3.44. The van der Waals surface area contributed by atoms with Crippen molar-refractivity contribution in [1.29, 1.82) is 0 Å². The molecule has 0 radical (unpaired) electrons. The highest BCUT2D eigenvalue weighted by molar-refractivity contribution is 5.47. The normalized spacial score (nSPS) is 12.0. The first-order valence-corrected chi connectivity index (χ1v) is 7.29. The number of ether oxygens (including phenoxy) is 2. The molecule has 0 spiro atoms. The lowest BCUT2D eigenvalue weighted by molar-refractivity contribution is 0.313. The molecule has 0 aliphatic carbocycles. The SMILES string of the molecule is CCCOc1ccccc1C(N)c1ccc(C)cc1OC. The van der Waals surface area contributed by atoms with Gasteiger partial charge in [0.15, 0.2) is 0 Å². The van der Waals surface area contributed by atoms with E-state index in [0.29, 0.717) is 6.61 Å². The summed E-state index contributed by atoms with van der Waals surface area (Å²) in [5.74, 6) is 1.65. The minimum absolute atomic E-state index is 0.270. The Kier molecular flexibility index (Phi) is 5.23. The van der Waals surface area contributed by atoms with Crippen molar-refractivity contribution in [2.45, 2.75) is 26.3 Å². The maximum atomic E-state index is 6.46. The highest BCUT2D eigenvalue weighted by Gasteiger charge is 2.17. The molecule has 0 saturated heterocycles. The predicted octanol–water partition coefficient (Wildman–Crippen LogP) is 3.84. The van der Waals surface area contributed by atoms with Crippen molar-refractivity contribution < 1.29 is 9.47 Å². The summed E-state index contributed by atoms with van der Waals surface area (Å²) in [6.07, 6.45) is 0.970. The monoisotopic (exact) mass is 285 g/mol. The van der Waals surface area contributed by atoms with Gasteiger partial charge in [0.05, 0.1) is 19.8 Å². The van der Waals surface area contributed by atoms with Crippen molar-refractivity contribution in [3.63, 3.8) is 0 Å². The second-order valence-corrected chi connectivity index (χ2v) is 5.11. The number of aryl methyl sites for hydroxylation is 1. The van der Waals surface area contributed by atoms with Crippen molar-refractivity contribution >= 4 is 0 Å². The molecule has 2 aromatic rings. The van der Waals surface area contributed by atoms with Crippen LogP contribution in [0.2, 0.25) is 0 Å². The molecule has 3 heteroatoms. The van der Waals surface area contributed by atoms with Crippen LogP contribution in [-0.4, -0.2) is 13.7 Å². The van der Waals surface area contributed by atoms with Gasteiger partial charge in [0.25, 0.3) is 0 Å². The second-order valence-electron chi connectivity index (χ2n) is 5.11. The van der Waals surface area contributed by atoms with Crippen LogP contribution in [0.5, 0.6) is 11.5 Å². The van der Waals surface area contributed by atoms with E-state index in [2.05, 4.69) is 6.92 Å². The fourth-order valence-electron chi connectivity index (χ4n) is 2.32. The van der Waals surface area contributed by atoms with E-state index in [1.165, 1.54) is 0 Å². The minimum atomic E-state index is -0.270. The van der Waals surface area contributed by atoms with Crippen LogP contribution in [0.3, 0.4) is 0 Å². The molecule has 0 aliphatic heterocycles. The molecular formula is C18H23NO2. The minimum Gasteiger partial charge on any atom is -0.496 e. The lowest BCUT2D eigenvalue weighted by Gasteiger charge is -2.19. The summed E-state index contributed by atoms with van der Waals surface area (Å²) < 4.78 is 11.3. The lowest BCUT2D eigenvalue weighted by atomic mass is 9.97. The number of benzene rings is 2. The zero-order valence-electron chi connectivity index (χ0n) is 12.9. The van der Waals surface area contributed by atoms with Gasteiger partial charge >= 0.3 is 0 Å². The molecule has 2 rings (SSSR count). The van der Waals surface area contributed by atoms with E-state index in [1.54, 1.807) is 7.11 Å². The quantitative estimate of drug-likeness (QED) is 0.877. The van der Waals surface area contributed by atoms with E-state index in [-0.39, 0.29) is 6.04 Å². The highest BCUT2D eigenvalue weighted by atomic mass is 16.5. The van der Waals surface area contributed by atoms with Crippen molar-refractivity contribution in [1.82, 2.24) is 0 Å². The molecule has 0 bridgehead atoms. The Morgan fingerprint density at radius 2 is 1.76 bits per heavy atom. The molecule has 0 aliphatic rings. The largest absolute Gasteiger partial charge is 0.496 e. The first kappa shape index (κ1) is 15.4. The molecule has 0 saturated carbocycles. The summed E-state index contributed by atoms with van der Waals surface area (Å²) in [5, 5.41) is 0. The number of rotatable bonds is 6. The summed E-state index contributed by atoms with van der Waals surface area (Å²) >= 11 is 0. The van der Waals surface area contributed by atoms with E-state index < -0.39 is 0 Å². The summed E-state index contributed by atoms with van der Waals surface area (Å²) in [7, 11) is 1.67. The number of para-hydroxylation sites is 1. The summed E-state index contributed by atoms with van der Waals surface area (Å²) in [6, 6.07) is 13.7. The van der Waals surface area contributed by atoms with Crippen LogP contribution in [0.4, 0.5) is 0 Å². The fourth-order valence-corrected chi connectivity index (χ4v) is 2.32. The Bertz CT molecular complexity index is 596. The van der Waals surface area contributed by atoms with E-state index in [0.717, 1.165) is 34.6 Å².